The van der Waals surface area contributed by atoms with Crippen molar-refractivity contribution in [2.24, 2.45) is 0 Å². The molecule has 0 atom stereocenters. The van der Waals surface area contributed by atoms with E-state index in [4.69, 9.17) is 4.52 Å². The van der Waals surface area contributed by atoms with Gasteiger partial charge in [0.15, 0.2) is 5.82 Å². The van der Waals surface area contributed by atoms with Crippen molar-refractivity contribution in [2.75, 3.05) is 0 Å². The van der Waals surface area contributed by atoms with Gasteiger partial charge in [0.2, 0.25) is 5.89 Å². The van der Waals surface area contributed by atoms with Gasteiger partial charge in [-0.15, -0.1) is 0 Å². The lowest BCUT2D eigenvalue weighted by molar-refractivity contribution is 0.388. The highest BCUT2D eigenvalue weighted by atomic mass is 32.1. The van der Waals surface area contributed by atoms with Gasteiger partial charge in [0, 0.05) is 13.3 Å². The maximum atomic E-state index is 4.86. The summed E-state index contributed by atoms with van der Waals surface area (Å²) < 4.78 is 4.86. The molecule has 12 heavy (non-hydrogen) atoms. The average Bonchev–Trinajstić information content (AvgIpc) is 2.63. The number of aromatic nitrogens is 2. The van der Waals surface area contributed by atoms with E-state index < -0.39 is 0 Å². The molecular formula is C8H8N2OS. The summed E-state index contributed by atoms with van der Waals surface area (Å²) in [6.07, 6.45) is 0.765. The fraction of sp³-hybridized carbons (Fsp3) is 0.250. The number of hydrogen-bond donors (Lipinski definition) is 0. The summed E-state index contributed by atoms with van der Waals surface area (Å²) in [5.74, 6) is 1.38. The van der Waals surface area contributed by atoms with Gasteiger partial charge < -0.3 is 4.52 Å². The van der Waals surface area contributed by atoms with Crippen molar-refractivity contribution in [1.82, 2.24) is 10.1 Å². The Hall–Kier alpha value is -1.16. The third-order valence-corrected chi connectivity index (χ3v) is 2.24. The first-order valence-corrected chi connectivity index (χ1v) is 4.59. The zero-order valence-electron chi connectivity index (χ0n) is 6.65. The van der Waals surface area contributed by atoms with Crippen molar-refractivity contribution in [2.45, 2.75) is 13.3 Å². The van der Waals surface area contributed by atoms with Gasteiger partial charge in [-0.3, -0.25) is 0 Å². The average molecular weight is 180 g/mol. The fourth-order valence-corrected chi connectivity index (χ4v) is 1.66. The molecule has 0 aliphatic carbocycles. The molecule has 0 spiro atoms. The van der Waals surface area contributed by atoms with Crippen LogP contribution < -0.4 is 0 Å². The van der Waals surface area contributed by atoms with Crippen molar-refractivity contribution in [1.29, 1.82) is 0 Å². The molecule has 0 aliphatic heterocycles. The molecule has 2 heterocycles. The van der Waals surface area contributed by atoms with Crippen LogP contribution in [0.5, 0.6) is 0 Å². The first-order chi connectivity index (χ1) is 5.84. The summed E-state index contributed by atoms with van der Waals surface area (Å²) >= 11 is 1.68. The Kier molecular flexibility index (Phi) is 1.91. The van der Waals surface area contributed by atoms with Crippen LogP contribution in [0.2, 0.25) is 0 Å². The third kappa shape index (κ3) is 1.53. The van der Waals surface area contributed by atoms with Crippen LogP contribution >= 0.6 is 11.3 Å². The van der Waals surface area contributed by atoms with Crippen LogP contribution in [0.25, 0.3) is 0 Å². The summed E-state index contributed by atoms with van der Waals surface area (Å²) in [7, 11) is 0. The SMILES string of the molecule is Cc1nc(Cc2ccsc2)no1. The van der Waals surface area contributed by atoms with Gasteiger partial charge in [0.05, 0.1) is 0 Å². The molecule has 0 fully saturated rings. The summed E-state index contributed by atoms with van der Waals surface area (Å²) in [5, 5.41) is 7.94. The molecule has 62 valence electrons. The Labute approximate surface area is 74.0 Å². The third-order valence-electron chi connectivity index (χ3n) is 1.51. The minimum Gasteiger partial charge on any atom is -0.340 e. The van der Waals surface area contributed by atoms with Crippen molar-refractivity contribution in [3.05, 3.63) is 34.1 Å². The number of nitrogens with zero attached hydrogens (tertiary/aromatic N) is 2. The van der Waals surface area contributed by atoms with E-state index in [9.17, 15) is 0 Å². The molecule has 0 aromatic carbocycles. The second-order valence-corrected chi connectivity index (χ2v) is 3.32. The first-order valence-electron chi connectivity index (χ1n) is 3.65. The van der Waals surface area contributed by atoms with Crippen LogP contribution in [0.3, 0.4) is 0 Å². The Bertz CT molecular complexity index is 353. The van der Waals surface area contributed by atoms with Gasteiger partial charge in [-0.25, -0.2) is 0 Å². The zero-order chi connectivity index (χ0) is 8.39. The topological polar surface area (TPSA) is 38.9 Å². The number of hydrogen-bond acceptors (Lipinski definition) is 4. The minimum atomic E-state index is 0.625. The van der Waals surface area contributed by atoms with Gasteiger partial charge in [0.1, 0.15) is 0 Å². The Morgan fingerprint density at radius 2 is 2.50 bits per heavy atom. The molecule has 2 aromatic heterocycles. The van der Waals surface area contributed by atoms with Crippen LogP contribution in [-0.2, 0) is 6.42 Å². The molecule has 3 nitrogen and oxygen atoms in total. The van der Waals surface area contributed by atoms with E-state index in [0.29, 0.717) is 5.89 Å². The van der Waals surface area contributed by atoms with E-state index in [2.05, 4.69) is 21.6 Å². The quantitative estimate of drug-likeness (QED) is 0.709. The van der Waals surface area contributed by atoms with Crippen LogP contribution in [0.15, 0.2) is 21.3 Å². The van der Waals surface area contributed by atoms with Crippen LogP contribution in [-0.4, -0.2) is 10.1 Å². The highest BCUT2D eigenvalue weighted by molar-refractivity contribution is 7.07. The van der Waals surface area contributed by atoms with E-state index in [1.54, 1.807) is 18.3 Å². The van der Waals surface area contributed by atoms with Crippen LogP contribution in [0.1, 0.15) is 17.3 Å². The van der Waals surface area contributed by atoms with Gasteiger partial charge in [-0.2, -0.15) is 16.3 Å². The Balaban J connectivity index is 2.14. The van der Waals surface area contributed by atoms with Crippen molar-refractivity contribution >= 4 is 11.3 Å². The van der Waals surface area contributed by atoms with Crippen molar-refractivity contribution in [3.63, 3.8) is 0 Å². The number of thiophene rings is 1. The van der Waals surface area contributed by atoms with Gasteiger partial charge in [0.25, 0.3) is 0 Å². The molecule has 0 bridgehead atoms. The Morgan fingerprint density at radius 3 is 3.08 bits per heavy atom. The Morgan fingerprint density at radius 1 is 1.58 bits per heavy atom. The molecule has 0 saturated heterocycles. The molecule has 0 N–H and O–H groups in total. The lowest BCUT2D eigenvalue weighted by atomic mass is 10.2. The van der Waals surface area contributed by atoms with Crippen molar-refractivity contribution in [3.8, 4) is 0 Å². The fourth-order valence-electron chi connectivity index (χ4n) is 0.989. The maximum absolute atomic E-state index is 4.86. The molecule has 0 radical (unpaired) electrons. The van der Waals surface area contributed by atoms with Gasteiger partial charge >= 0.3 is 0 Å². The number of rotatable bonds is 2. The molecule has 4 heteroatoms. The standard InChI is InChI=1S/C8H8N2OS/c1-6-9-8(10-11-6)4-7-2-3-12-5-7/h2-3,5H,4H2,1H3. The summed E-state index contributed by atoms with van der Waals surface area (Å²) in [4.78, 5) is 4.11. The minimum absolute atomic E-state index is 0.625. The second-order valence-electron chi connectivity index (χ2n) is 2.54. The van der Waals surface area contributed by atoms with E-state index in [-0.39, 0.29) is 0 Å². The van der Waals surface area contributed by atoms with Gasteiger partial charge in [-0.1, -0.05) is 5.16 Å². The van der Waals surface area contributed by atoms with Crippen molar-refractivity contribution < 1.29 is 4.52 Å². The highest BCUT2D eigenvalue weighted by Crippen LogP contribution is 2.10. The predicted octanol–water partition coefficient (Wildman–Crippen LogP) is 2.03. The van der Waals surface area contributed by atoms with E-state index in [1.165, 1.54) is 5.56 Å². The molecule has 2 aromatic rings. The molecule has 0 unspecified atom stereocenters. The summed E-state index contributed by atoms with van der Waals surface area (Å²) in [6, 6.07) is 2.07. The number of aryl methyl sites for hydroxylation is 1. The lowest BCUT2D eigenvalue weighted by Crippen LogP contribution is -1.87. The van der Waals surface area contributed by atoms with Gasteiger partial charge in [-0.05, 0) is 22.4 Å². The summed E-state index contributed by atoms with van der Waals surface area (Å²) in [5.41, 5.74) is 1.24. The highest BCUT2D eigenvalue weighted by Gasteiger charge is 2.02. The maximum Gasteiger partial charge on any atom is 0.223 e. The zero-order valence-corrected chi connectivity index (χ0v) is 7.47. The van der Waals surface area contributed by atoms with Crippen LogP contribution in [0, 0.1) is 6.92 Å². The smallest absolute Gasteiger partial charge is 0.223 e. The second kappa shape index (κ2) is 3.06. The molecule has 2 rings (SSSR count). The molecule has 0 aliphatic rings. The molecular weight excluding hydrogens is 172 g/mol. The van der Waals surface area contributed by atoms with E-state index in [0.717, 1.165) is 12.2 Å². The first kappa shape index (κ1) is 7.49. The molecule has 0 saturated carbocycles. The van der Waals surface area contributed by atoms with Crippen LogP contribution in [0.4, 0.5) is 0 Å². The molecule has 0 amide bonds. The summed E-state index contributed by atoms with van der Waals surface area (Å²) in [6.45, 7) is 1.80. The monoisotopic (exact) mass is 180 g/mol. The predicted molar refractivity (Wildman–Crippen MR) is 46.2 cm³/mol. The van der Waals surface area contributed by atoms with E-state index >= 15 is 0 Å². The van der Waals surface area contributed by atoms with E-state index in [1.807, 2.05) is 5.38 Å². The lowest BCUT2D eigenvalue weighted by Gasteiger charge is -1.86. The normalized spacial score (nSPS) is 10.4. The largest absolute Gasteiger partial charge is 0.340 e.